The largest absolute Gasteiger partial charge is 0.390 e. The molecule has 2 heterocycles. The van der Waals surface area contributed by atoms with Crippen LogP contribution in [-0.4, -0.2) is 46.0 Å². The molecule has 0 unspecified atom stereocenters. The summed E-state index contributed by atoms with van der Waals surface area (Å²) in [7, 11) is 0. The molecule has 3 N–H and O–H groups in total. The number of piperidine rings is 1. The summed E-state index contributed by atoms with van der Waals surface area (Å²) in [4.78, 5) is 12.5. The maximum absolute atomic E-state index is 12.5. The van der Waals surface area contributed by atoms with Crippen LogP contribution in [-0.2, 0) is 6.54 Å². The fourth-order valence-electron chi connectivity index (χ4n) is 3.08. The molecule has 7 heteroatoms. The van der Waals surface area contributed by atoms with E-state index in [4.69, 9.17) is 0 Å². The number of aromatic nitrogens is 2. The van der Waals surface area contributed by atoms with Crippen molar-refractivity contribution in [1.29, 1.82) is 0 Å². The Bertz CT molecular complexity index is 732. The van der Waals surface area contributed by atoms with E-state index in [1.807, 2.05) is 42.8 Å². The number of carbonyl (C=O) groups is 1. The molecule has 1 aliphatic rings. The zero-order valence-corrected chi connectivity index (χ0v) is 15.3. The summed E-state index contributed by atoms with van der Waals surface area (Å²) in [6, 6.07) is 9.40. The van der Waals surface area contributed by atoms with Crippen LogP contribution < -0.4 is 10.6 Å². The highest BCUT2D eigenvalue weighted by molar-refractivity contribution is 5.94. The highest BCUT2D eigenvalue weighted by atomic mass is 35.5. The molecule has 6 nitrogen and oxygen atoms in total. The van der Waals surface area contributed by atoms with Crippen molar-refractivity contribution < 1.29 is 9.90 Å². The molecule has 0 spiro atoms. The van der Waals surface area contributed by atoms with Crippen LogP contribution in [0.5, 0.6) is 0 Å². The Hall–Kier alpha value is -1.89. The van der Waals surface area contributed by atoms with Crippen LogP contribution in [0.2, 0.25) is 0 Å². The van der Waals surface area contributed by atoms with E-state index >= 15 is 0 Å². The van der Waals surface area contributed by atoms with Gasteiger partial charge in [0.05, 0.1) is 24.4 Å². The first kappa shape index (κ1) is 19.4. The summed E-state index contributed by atoms with van der Waals surface area (Å²) < 4.78 is 1.93. The second-order valence-electron chi connectivity index (χ2n) is 6.43. The van der Waals surface area contributed by atoms with Crippen molar-refractivity contribution in [1.82, 2.24) is 20.4 Å². The van der Waals surface area contributed by atoms with Gasteiger partial charge in [-0.05, 0) is 50.6 Å². The molecule has 3 rings (SSSR count). The second-order valence-corrected chi connectivity index (χ2v) is 6.43. The monoisotopic (exact) mass is 364 g/mol. The van der Waals surface area contributed by atoms with E-state index in [1.165, 1.54) is 0 Å². The van der Waals surface area contributed by atoms with Gasteiger partial charge in [0.2, 0.25) is 0 Å². The van der Waals surface area contributed by atoms with Gasteiger partial charge in [0.15, 0.2) is 0 Å². The lowest BCUT2D eigenvalue weighted by atomic mass is 10.0. The zero-order chi connectivity index (χ0) is 17.1. The van der Waals surface area contributed by atoms with Gasteiger partial charge in [0, 0.05) is 17.8 Å². The average molecular weight is 365 g/mol. The number of aliphatic hydroxyl groups excluding tert-OH is 1. The third-order valence-electron chi connectivity index (χ3n) is 4.39. The van der Waals surface area contributed by atoms with E-state index in [0.29, 0.717) is 18.7 Å². The summed E-state index contributed by atoms with van der Waals surface area (Å²) in [5.41, 5.74) is 3.72. The first-order valence-electron chi connectivity index (χ1n) is 8.32. The lowest BCUT2D eigenvalue weighted by Gasteiger charge is -2.29. The van der Waals surface area contributed by atoms with Crippen molar-refractivity contribution in [3.05, 3.63) is 52.8 Å². The molecule has 1 aliphatic heterocycles. The van der Waals surface area contributed by atoms with Crippen LogP contribution >= 0.6 is 12.4 Å². The first-order valence-corrected chi connectivity index (χ1v) is 8.32. The number of benzene rings is 1. The van der Waals surface area contributed by atoms with Gasteiger partial charge in [-0.15, -0.1) is 12.4 Å². The molecule has 1 fully saturated rings. The van der Waals surface area contributed by atoms with E-state index in [-0.39, 0.29) is 24.4 Å². The minimum Gasteiger partial charge on any atom is -0.390 e. The lowest BCUT2D eigenvalue weighted by Crippen LogP contribution is -2.52. The minimum absolute atomic E-state index is 0. The zero-order valence-electron chi connectivity index (χ0n) is 14.5. The molecular weight excluding hydrogens is 340 g/mol. The first-order chi connectivity index (χ1) is 11.5. The van der Waals surface area contributed by atoms with Crippen LogP contribution in [0.3, 0.4) is 0 Å². The molecule has 136 valence electrons. The van der Waals surface area contributed by atoms with Crippen molar-refractivity contribution in [2.24, 2.45) is 0 Å². The number of nitrogens with one attached hydrogen (secondary N) is 2. The average Bonchev–Trinajstić information content (AvgIpc) is 2.87. The van der Waals surface area contributed by atoms with Crippen LogP contribution in [0, 0.1) is 13.8 Å². The number of carbonyl (C=O) groups excluding carboxylic acids is 1. The summed E-state index contributed by atoms with van der Waals surface area (Å²) in [6.07, 6.45) is 0.193. The van der Waals surface area contributed by atoms with Gasteiger partial charge in [-0.1, -0.05) is 12.1 Å². The van der Waals surface area contributed by atoms with Gasteiger partial charge in [0.25, 0.3) is 5.91 Å². The third kappa shape index (κ3) is 4.81. The standard InChI is InChI=1S/C18H24N4O2.ClH/c1-12-8-13(2)22(21-12)11-14-4-3-5-15(9-14)18(24)20-16-6-7-19-10-17(16)23;/h3-5,8-9,16-17,19,23H,6-7,10-11H2,1-2H3,(H,20,24);1H/t16-,17-;/m1./s1. The Morgan fingerprint density at radius 1 is 1.40 bits per heavy atom. The number of amides is 1. The number of halogens is 1. The van der Waals surface area contributed by atoms with Crippen LogP contribution in [0.4, 0.5) is 0 Å². The van der Waals surface area contributed by atoms with Crippen LogP contribution in [0.1, 0.15) is 33.7 Å². The van der Waals surface area contributed by atoms with Crippen LogP contribution in [0.15, 0.2) is 30.3 Å². The molecular formula is C18H25ClN4O2. The van der Waals surface area contributed by atoms with Crippen LogP contribution in [0.25, 0.3) is 0 Å². The van der Waals surface area contributed by atoms with E-state index < -0.39 is 6.10 Å². The SMILES string of the molecule is Cc1cc(C)n(Cc2cccc(C(=O)N[C@@H]3CCNC[C@H]3O)c2)n1.Cl. The lowest BCUT2D eigenvalue weighted by molar-refractivity contribution is 0.0765. The Morgan fingerprint density at radius 2 is 2.20 bits per heavy atom. The molecule has 0 bridgehead atoms. The molecule has 1 aromatic heterocycles. The Labute approximate surface area is 154 Å². The van der Waals surface area contributed by atoms with Crippen molar-refractivity contribution >= 4 is 18.3 Å². The van der Waals surface area contributed by atoms with Gasteiger partial charge in [-0.25, -0.2) is 0 Å². The van der Waals surface area contributed by atoms with Gasteiger partial charge in [0.1, 0.15) is 0 Å². The van der Waals surface area contributed by atoms with E-state index in [1.54, 1.807) is 6.07 Å². The van der Waals surface area contributed by atoms with Gasteiger partial charge < -0.3 is 15.7 Å². The highest BCUT2D eigenvalue weighted by Gasteiger charge is 2.24. The highest BCUT2D eigenvalue weighted by Crippen LogP contribution is 2.11. The number of rotatable bonds is 4. The molecule has 0 aliphatic carbocycles. The normalized spacial score (nSPS) is 20.0. The molecule has 1 aromatic carbocycles. The number of β-amino-alcohol motifs (C(OH)–C–C–N with tert-alkyl or cyclic N) is 1. The molecule has 0 saturated carbocycles. The molecule has 25 heavy (non-hydrogen) atoms. The van der Waals surface area contributed by atoms with Crippen molar-refractivity contribution in [3.8, 4) is 0 Å². The Kier molecular flexibility index (Phi) is 6.58. The summed E-state index contributed by atoms with van der Waals surface area (Å²) in [5, 5.41) is 20.5. The quantitative estimate of drug-likeness (QED) is 0.766. The topological polar surface area (TPSA) is 79.2 Å². The molecule has 2 aromatic rings. The fraction of sp³-hybridized carbons (Fsp3) is 0.444. The van der Waals surface area contributed by atoms with Gasteiger partial charge in [-0.3, -0.25) is 9.48 Å². The molecule has 1 saturated heterocycles. The molecule has 0 radical (unpaired) electrons. The Balaban J connectivity index is 0.00000225. The number of nitrogens with zero attached hydrogens (tertiary/aromatic N) is 2. The number of aliphatic hydroxyl groups is 1. The minimum atomic E-state index is -0.541. The van der Waals surface area contributed by atoms with Crippen molar-refractivity contribution in [3.63, 3.8) is 0 Å². The van der Waals surface area contributed by atoms with Gasteiger partial charge >= 0.3 is 0 Å². The number of aryl methyl sites for hydroxylation is 2. The van der Waals surface area contributed by atoms with E-state index in [0.717, 1.165) is 29.9 Å². The molecule has 2 atom stereocenters. The van der Waals surface area contributed by atoms with Gasteiger partial charge in [-0.2, -0.15) is 5.10 Å². The maximum atomic E-state index is 12.5. The predicted molar refractivity (Wildman–Crippen MR) is 99.2 cm³/mol. The maximum Gasteiger partial charge on any atom is 0.251 e. The van der Waals surface area contributed by atoms with E-state index in [9.17, 15) is 9.90 Å². The van der Waals surface area contributed by atoms with Crippen molar-refractivity contribution in [2.45, 2.75) is 39.0 Å². The Morgan fingerprint density at radius 3 is 2.88 bits per heavy atom. The smallest absolute Gasteiger partial charge is 0.251 e. The summed E-state index contributed by atoms with van der Waals surface area (Å²) >= 11 is 0. The number of hydrogen-bond donors (Lipinski definition) is 3. The second kappa shape index (κ2) is 8.47. The van der Waals surface area contributed by atoms with Crippen molar-refractivity contribution in [2.75, 3.05) is 13.1 Å². The molecule has 1 amide bonds. The summed E-state index contributed by atoms with van der Waals surface area (Å²) in [5.74, 6) is -0.142. The third-order valence-corrected chi connectivity index (χ3v) is 4.39. The van der Waals surface area contributed by atoms with E-state index in [2.05, 4.69) is 15.7 Å². The summed E-state index contributed by atoms with van der Waals surface area (Å²) in [6.45, 7) is 5.95. The number of hydrogen-bond acceptors (Lipinski definition) is 4. The predicted octanol–water partition coefficient (Wildman–Crippen LogP) is 1.42. The fourth-order valence-corrected chi connectivity index (χ4v) is 3.08.